The van der Waals surface area contributed by atoms with Gasteiger partial charge in [-0.2, -0.15) is 0 Å². The van der Waals surface area contributed by atoms with Gasteiger partial charge in [0.2, 0.25) is 11.6 Å². The van der Waals surface area contributed by atoms with E-state index in [-0.39, 0.29) is 17.2 Å². The summed E-state index contributed by atoms with van der Waals surface area (Å²) in [6, 6.07) is 11.2. The van der Waals surface area contributed by atoms with Crippen LogP contribution in [0.5, 0.6) is 23.1 Å². The number of aromatic hydroxyl groups is 1. The van der Waals surface area contributed by atoms with Crippen LogP contribution in [-0.4, -0.2) is 41.7 Å². The Bertz CT molecular complexity index is 1360. The molecule has 0 aliphatic carbocycles. The first-order valence-electron chi connectivity index (χ1n) is 10.0. The number of para-hydroxylation sites is 1. The number of nitrogens with one attached hydrogen (secondary N) is 1. The van der Waals surface area contributed by atoms with Crippen molar-refractivity contribution in [2.75, 3.05) is 21.3 Å². The highest BCUT2D eigenvalue weighted by atomic mass is 32.2. The molecule has 1 atom stereocenters. The number of ether oxygens (including phenoxy) is 3. The van der Waals surface area contributed by atoms with Crippen LogP contribution in [0, 0.1) is 0 Å². The molecule has 0 saturated heterocycles. The van der Waals surface area contributed by atoms with Gasteiger partial charge in [-0.05, 0) is 18.2 Å². The number of hydrogen-bond acceptors (Lipinski definition) is 8. The van der Waals surface area contributed by atoms with Crippen molar-refractivity contribution in [2.45, 2.75) is 16.6 Å². The van der Waals surface area contributed by atoms with E-state index in [4.69, 9.17) is 19.2 Å². The SMILES string of the molecule is COc1ccc([C@@H]2CC(c3c(O)n(C)c(=O)[nH]c3=O)=Nc3ccccc3S2)c(OC)c1OC. The fourth-order valence-corrected chi connectivity index (χ4v) is 5.04. The third-order valence-corrected chi connectivity index (χ3v) is 6.74. The lowest BCUT2D eigenvalue weighted by Crippen LogP contribution is -2.32. The summed E-state index contributed by atoms with van der Waals surface area (Å²) in [4.78, 5) is 32.5. The van der Waals surface area contributed by atoms with Gasteiger partial charge in [0.05, 0.1) is 32.7 Å². The second-order valence-corrected chi connectivity index (χ2v) is 8.52. The van der Waals surface area contributed by atoms with E-state index >= 15 is 0 Å². The zero-order chi connectivity index (χ0) is 23.7. The number of hydrogen-bond donors (Lipinski definition) is 2. The zero-order valence-electron chi connectivity index (χ0n) is 18.5. The standard InChI is InChI=1S/C23H23N3O6S/c1-26-22(28)18(21(27)25-23(26)29)14-11-17(33-16-8-6-5-7-13(16)24-14)12-9-10-15(30-2)20(32-4)19(12)31-3/h5-10,17,28H,11H2,1-4H3,(H,25,27,29)/t17-/m0/s1. The van der Waals surface area contributed by atoms with Gasteiger partial charge in [0.1, 0.15) is 5.56 Å². The fraction of sp³-hybridized carbons (Fsp3) is 0.261. The molecule has 1 aliphatic rings. The molecular formula is C23H23N3O6S. The summed E-state index contributed by atoms with van der Waals surface area (Å²) in [5, 5.41) is 10.4. The number of aliphatic imine (C=N–C) groups is 1. The van der Waals surface area contributed by atoms with E-state index in [1.807, 2.05) is 30.3 Å². The summed E-state index contributed by atoms with van der Waals surface area (Å²) in [5.41, 5.74) is 0.375. The van der Waals surface area contributed by atoms with Gasteiger partial charge in [-0.15, -0.1) is 11.8 Å². The van der Waals surface area contributed by atoms with E-state index < -0.39 is 17.1 Å². The van der Waals surface area contributed by atoms with E-state index in [1.165, 1.54) is 14.2 Å². The first kappa shape index (κ1) is 22.5. The van der Waals surface area contributed by atoms with E-state index in [0.717, 1.165) is 15.0 Å². The van der Waals surface area contributed by atoms with Gasteiger partial charge >= 0.3 is 5.69 Å². The Hall–Kier alpha value is -3.66. The lowest BCUT2D eigenvalue weighted by molar-refractivity contribution is 0.322. The molecule has 0 amide bonds. The predicted molar refractivity (Wildman–Crippen MR) is 126 cm³/mol. The Kier molecular flexibility index (Phi) is 6.19. The highest BCUT2D eigenvalue weighted by Crippen LogP contribution is 2.51. The van der Waals surface area contributed by atoms with Crippen molar-refractivity contribution in [2.24, 2.45) is 12.0 Å². The Morgan fingerprint density at radius 2 is 1.79 bits per heavy atom. The molecule has 2 aromatic carbocycles. The second-order valence-electron chi connectivity index (χ2n) is 7.28. The number of fused-ring (bicyclic) bond motifs is 1. The molecule has 0 radical (unpaired) electrons. The van der Waals surface area contributed by atoms with E-state index in [2.05, 4.69) is 4.98 Å². The molecule has 0 unspecified atom stereocenters. The zero-order valence-corrected chi connectivity index (χ0v) is 19.4. The molecule has 2 N–H and O–H groups in total. The van der Waals surface area contributed by atoms with Gasteiger partial charge in [-0.3, -0.25) is 19.3 Å². The molecule has 3 aromatic rings. The highest BCUT2D eigenvalue weighted by molar-refractivity contribution is 7.99. The summed E-state index contributed by atoms with van der Waals surface area (Å²) >= 11 is 1.56. The monoisotopic (exact) mass is 469 g/mol. The van der Waals surface area contributed by atoms with E-state index in [9.17, 15) is 14.7 Å². The van der Waals surface area contributed by atoms with Crippen molar-refractivity contribution < 1.29 is 19.3 Å². The van der Waals surface area contributed by atoms with Crippen LogP contribution in [0.1, 0.15) is 22.8 Å². The van der Waals surface area contributed by atoms with Gasteiger partial charge in [-0.25, -0.2) is 4.79 Å². The van der Waals surface area contributed by atoms with Crippen LogP contribution >= 0.6 is 11.8 Å². The molecule has 2 heterocycles. The van der Waals surface area contributed by atoms with Crippen molar-refractivity contribution in [3.8, 4) is 23.1 Å². The average Bonchev–Trinajstić information content (AvgIpc) is 3.01. The number of H-pyrrole nitrogens is 1. The summed E-state index contributed by atoms with van der Waals surface area (Å²) in [5.74, 6) is 1.05. The van der Waals surface area contributed by atoms with Gasteiger partial charge < -0.3 is 19.3 Å². The molecule has 9 nitrogen and oxygen atoms in total. The van der Waals surface area contributed by atoms with Crippen LogP contribution in [0.2, 0.25) is 0 Å². The van der Waals surface area contributed by atoms with Crippen LogP contribution in [0.4, 0.5) is 5.69 Å². The predicted octanol–water partition coefficient (Wildman–Crippen LogP) is 3.16. The number of thioether (sulfide) groups is 1. The lowest BCUT2D eigenvalue weighted by atomic mass is 10.0. The summed E-state index contributed by atoms with van der Waals surface area (Å²) in [6.45, 7) is 0. The number of rotatable bonds is 5. The molecule has 0 saturated carbocycles. The fourth-order valence-electron chi connectivity index (χ4n) is 3.79. The van der Waals surface area contributed by atoms with Gasteiger partial charge in [-0.1, -0.05) is 18.2 Å². The average molecular weight is 470 g/mol. The quantitative estimate of drug-likeness (QED) is 0.590. The van der Waals surface area contributed by atoms with Crippen LogP contribution in [0.3, 0.4) is 0 Å². The van der Waals surface area contributed by atoms with Crippen molar-refractivity contribution in [3.05, 3.63) is 68.4 Å². The van der Waals surface area contributed by atoms with E-state index in [0.29, 0.717) is 28.6 Å². The molecule has 0 bridgehead atoms. The largest absolute Gasteiger partial charge is 0.494 e. The van der Waals surface area contributed by atoms with Crippen LogP contribution in [0.25, 0.3) is 0 Å². The van der Waals surface area contributed by atoms with Crippen LogP contribution in [0.15, 0.2) is 55.9 Å². The minimum absolute atomic E-state index is 0.0427. The van der Waals surface area contributed by atoms with Gasteiger partial charge in [0, 0.05) is 29.2 Å². The van der Waals surface area contributed by atoms with Crippen molar-refractivity contribution >= 4 is 23.2 Å². The van der Waals surface area contributed by atoms with Gasteiger partial charge in [0.15, 0.2) is 11.5 Å². The maximum atomic E-state index is 12.7. The molecule has 4 rings (SSSR count). The van der Waals surface area contributed by atoms with Crippen molar-refractivity contribution in [1.82, 2.24) is 9.55 Å². The molecule has 0 spiro atoms. The molecule has 0 fully saturated rings. The first-order valence-corrected chi connectivity index (χ1v) is 10.9. The van der Waals surface area contributed by atoms with Crippen LogP contribution < -0.4 is 25.5 Å². The number of aromatic amines is 1. The number of aromatic nitrogens is 2. The minimum atomic E-state index is -0.705. The molecular weight excluding hydrogens is 446 g/mol. The Morgan fingerprint density at radius 3 is 2.48 bits per heavy atom. The van der Waals surface area contributed by atoms with Crippen molar-refractivity contribution in [3.63, 3.8) is 0 Å². The number of benzene rings is 2. The molecule has 172 valence electrons. The minimum Gasteiger partial charge on any atom is -0.494 e. The molecule has 33 heavy (non-hydrogen) atoms. The summed E-state index contributed by atoms with van der Waals surface area (Å²) in [7, 11) is 6.02. The number of methoxy groups -OCH3 is 3. The number of nitrogens with zero attached hydrogens (tertiary/aromatic N) is 2. The van der Waals surface area contributed by atoms with Crippen LogP contribution in [-0.2, 0) is 7.05 Å². The first-order chi connectivity index (χ1) is 15.9. The van der Waals surface area contributed by atoms with Gasteiger partial charge in [0.25, 0.3) is 5.56 Å². The van der Waals surface area contributed by atoms with Crippen molar-refractivity contribution in [1.29, 1.82) is 0 Å². The molecule has 1 aliphatic heterocycles. The smallest absolute Gasteiger partial charge is 0.330 e. The molecule has 1 aromatic heterocycles. The normalized spacial score (nSPS) is 15.3. The maximum Gasteiger partial charge on any atom is 0.330 e. The Balaban J connectivity index is 1.93. The lowest BCUT2D eigenvalue weighted by Gasteiger charge is -2.22. The third-order valence-electron chi connectivity index (χ3n) is 5.43. The molecule has 10 heteroatoms. The highest BCUT2D eigenvalue weighted by Gasteiger charge is 2.30. The Morgan fingerprint density at radius 1 is 1.06 bits per heavy atom. The van der Waals surface area contributed by atoms with E-state index in [1.54, 1.807) is 32.0 Å². The topological polar surface area (TPSA) is 115 Å². The summed E-state index contributed by atoms with van der Waals surface area (Å²) in [6.07, 6.45) is 0.278. The second kappa shape index (κ2) is 9.07. The maximum absolute atomic E-state index is 12.7. The summed E-state index contributed by atoms with van der Waals surface area (Å²) < 4.78 is 17.6. The third kappa shape index (κ3) is 3.97. The Labute approximate surface area is 193 Å².